The second-order valence-electron chi connectivity index (χ2n) is 10.3. The second-order valence-corrected chi connectivity index (χ2v) is 10.3. The third-order valence-corrected chi connectivity index (χ3v) is 7.80. The number of piperidine rings is 1. The average Bonchev–Trinajstić information content (AvgIpc) is 3.03. The summed E-state index contributed by atoms with van der Waals surface area (Å²) in [6.45, 7) is 5.59. The Morgan fingerprint density at radius 1 is 0.775 bits per heavy atom. The Kier molecular flexibility index (Phi) is 9.54. The van der Waals surface area contributed by atoms with E-state index in [0.29, 0.717) is 37.9 Å². The van der Waals surface area contributed by atoms with Crippen LogP contribution in [0.3, 0.4) is 0 Å². The Labute approximate surface area is 236 Å². The molecular weight excluding hydrogens is 504 g/mol. The van der Waals surface area contributed by atoms with Crippen molar-refractivity contribution < 1.29 is 19.1 Å². The summed E-state index contributed by atoms with van der Waals surface area (Å²) < 4.78 is 10.4. The van der Waals surface area contributed by atoms with Crippen molar-refractivity contribution in [1.82, 2.24) is 19.7 Å². The number of carbonyl (C=O) groups excluding carboxylic acids is 2. The zero-order valence-corrected chi connectivity index (χ0v) is 23.2. The first kappa shape index (κ1) is 28.0. The third-order valence-electron chi connectivity index (χ3n) is 7.80. The average molecular weight is 543 g/mol. The van der Waals surface area contributed by atoms with Gasteiger partial charge in [0.05, 0.1) is 24.6 Å². The molecule has 2 saturated heterocycles. The highest BCUT2D eigenvalue weighted by Gasteiger charge is 2.30. The van der Waals surface area contributed by atoms with Gasteiger partial charge in [0.1, 0.15) is 6.61 Å². The molecule has 2 fully saturated rings. The Balaban J connectivity index is 1.19. The minimum atomic E-state index is 0.0466. The van der Waals surface area contributed by atoms with Gasteiger partial charge >= 0.3 is 0 Å². The van der Waals surface area contributed by atoms with Gasteiger partial charge < -0.3 is 19.3 Å². The topological polar surface area (TPSA) is 75.2 Å². The number of likely N-dealkylation sites (tertiary alicyclic amines) is 1. The Morgan fingerprint density at radius 2 is 1.35 bits per heavy atom. The van der Waals surface area contributed by atoms with Crippen LogP contribution < -0.4 is 0 Å². The van der Waals surface area contributed by atoms with Crippen molar-refractivity contribution in [2.45, 2.75) is 18.9 Å². The molecule has 0 N–H and O–H groups in total. The standard InChI is InChI=1S/C32H38N4O4/c1-39-20-21-40-24-31(37)35-14-12-28(13-15-35)34-16-18-36(19-17-34)32(38)27-22-29(25-8-4-2-5-9-25)33-30(23-27)26-10-6-3-7-11-26/h2-11,22-23,28H,12-21,24H2,1H3. The van der Waals surface area contributed by atoms with E-state index in [-0.39, 0.29) is 18.4 Å². The summed E-state index contributed by atoms with van der Waals surface area (Å²) in [5.74, 6) is 0.0948. The van der Waals surface area contributed by atoms with Gasteiger partial charge in [-0.25, -0.2) is 4.98 Å². The molecule has 0 atom stereocenters. The fourth-order valence-corrected chi connectivity index (χ4v) is 5.51. The van der Waals surface area contributed by atoms with Crippen LogP contribution in [0, 0.1) is 0 Å². The molecule has 8 heteroatoms. The minimum Gasteiger partial charge on any atom is -0.382 e. The Bertz CT molecular complexity index is 1200. The fraction of sp³-hybridized carbons (Fsp3) is 0.406. The lowest BCUT2D eigenvalue weighted by Gasteiger charge is -2.42. The highest BCUT2D eigenvalue weighted by molar-refractivity contribution is 5.96. The summed E-state index contributed by atoms with van der Waals surface area (Å²) in [6.07, 6.45) is 1.89. The number of methoxy groups -OCH3 is 1. The molecular formula is C32H38N4O4. The van der Waals surface area contributed by atoms with Crippen LogP contribution in [0.5, 0.6) is 0 Å². The van der Waals surface area contributed by atoms with Gasteiger partial charge in [0, 0.05) is 69.1 Å². The highest BCUT2D eigenvalue weighted by Crippen LogP contribution is 2.26. The molecule has 8 nitrogen and oxygen atoms in total. The van der Waals surface area contributed by atoms with Crippen molar-refractivity contribution in [2.24, 2.45) is 0 Å². The van der Waals surface area contributed by atoms with Gasteiger partial charge in [-0.15, -0.1) is 0 Å². The van der Waals surface area contributed by atoms with E-state index in [1.807, 2.05) is 82.6 Å². The SMILES string of the molecule is COCCOCC(=O)N1CCC(N2CCN(C(=O)c3cc(-c4ccccc4)nc(-c4ccccc4)c3)CC2)CC1. The molecule has 2 amide bonds. The number of benzene rings is 2. The van der Waals surface area contributed by atoms with Crippen molar-refractivity contribution >= 4 is 11.8 Å². The molecule has 0 radical (unpaired) electrons. The molecule has 0 aliphatic carbocycles. The number of aromatic nitrogens is 1. The largest absolute Gasteiger partial charge is 0.382 e. The molecule has 5 rings (SSSR count). The monoisotopic (exact) mass is 542 g/mol. The summed E-state index contributed by atoms with van der Waals surface area (Å²) in [4.78, 5) is 37.4. The summed E-state index contributed by atoms with van der Waals surface area (Å²) in [7, 11) is 1.62. The Hall–Kier alpha value is -3.59. The summed E-state index contributed by atoms with van der Waals surface area (Å²) in [5.41, 5.74) is 4.25. The lowest BCUT2D eigenvalue weighted by atomic mass is 10.0. The van der Waals surface area contributed by atoms with Crippen LogP contribution in [0.15, 0.2) is 72.8 Å². The van der Waals surface area contributed by atoms with E-state index in [1.54, 1.807) is 7.11 Å². The number of hydrogen-bond acceptors (Lipinski definition) is 6. The van der Waals surface area contributed by atoms with Gasteiger partial charge in [-0.1, -0.05) is 60.7 Å². The lowest BCUT2D eigenvalue weighted by Crippen LogP contribution is -2.55. The third kappa shape index (κ3) is 6.94. The molecule has 0 spiro atoms. The first-order valence-corrected chi connectivity index (χ1v) is 14.1. The molecule has 0 unspecified atom stereocenters. The maximum Gasteiger partial charge on any atom is 0.254 e. The van der Waals surface area contributed by atoms with Crippen LogP contribution in [0.2, 0.25) is 0 Å². The predicted molar refractivity (Wildman–Crippen MR) is 155 cm³/mol. The molecule has 1 aromatic heterocycles. The number of ether oxygens (including phenoxy) is 2. The molecule has 0 bridgehead atoms. The lowest BCUT2D eigenvalue weighted by molar-refractivity contribution is -0.138. The quantitative estimate of drug-likeness (QED) is 0.383. The van der Waals surface area contributed by atoms with Crippen molar-refractivity contribution in [2.75, 3.05) is 66.2 Å². The van der Waals surface area contributed by atoms with E-state index in [2.05, 4.69) is 4.90 Å². The number of carbonyl (C=O) groups is 2. The second kappa shape index (κ2) is 13.7. The minimum absolute atomic E-state index is 0.0466. The van der Waals surface area contributed by atoms with Crippen LogP contribution >= 0.6 is 0 Å². The van der Waals surface area contributed by atoms with E-state index in [9.17, 15) is 9.59 Å². The van der Waals surface area contributed by atoms with Crippen LogP contribution in [0.4, 0.5) is 0 Å². The van der Waals surface area contributed by atoms with E-state index in [0.717, 1.165) is 61.5 Å². The maximum absolute atomic E-state index is 13.7. The van der Waals surface area contributed by atoms with Gasteiger partial charge in [-0.2, -0.15) is 0 Å². The molecule has 2 aliphatic heterocycles. The van der Waals surface area contributed by atoms with Gasteiger partial charge in [-0.05, 0) is 25.0 Å². The summed E-state index contributed by atoms with van der Waals surface area (Å²) in [6, 6.07) is 24.3. The van der Waals surface area contributed by atoms with E-state index in [1.165, 1.54) is 0 Å². The van der Waals surface area contributed by atoms with Crippen molar-refractivity contribution in [1.29, 1.82) is 0 Å². The zero-order chi connectivity index (χ0) is 27.7. The van der Waals surface area contributed by atoms with Gasteiger partial charge in [-0.3, -0.25) is 14.5 Å². The molecule has 3 aromatic rings. The van der Waals surface area contributed by atoms with Crippen molar-refractivity contribution in [3.05, 3.63) is 78.4 Å². The van der Waals surface area contributed by atoms with E-state index in [4.69, 9.17) is 14.5 Å². The number of piperazine rings is 1. The Morgan fingerprint density at radius 3 is 1.90 bits per heavy atom. The molecule has 40 heavy (non-hydrogen) atoms. The predicted octanol–water partition coefficient (Wildman–Crippen LogP) is 3.83. The van der Waals surface area contributed by atoms with Crippen molar-refractivity contribution in [3.63, 3.8) is 0 Å². The molecule has 3 heterocycles. The number of pyridine rings is 1. The summed E-state index contributed by atoms with van der Waals surface area (Å²) >= 11 is 0. The van der Waals surface area contributed by atoms with Crippen LogP contribution in [-0.4, -0.2) is 104 Å². The first-order chi connectivity index (χ1) is 19.6. The molecule has 0 saturated carbocycles. The van der Waals surface area contributed by atoms with Crippen LogP contribution in [0.1, 0.15) is 23.2 Å². The van der Waals surface area contributed by atoms with Crippen molar-refractivity contribution in [3.8, 4) is 22.5 Å². The van der Waals surface area contributed by atoms with Crippen LogP contribution in [0.25, 0.3) is 22.5 Å². The number of nitrogens with zero attached hydrogens (tertiary/aromatic N) is 4. The van der Waals surface area contributed by atoms with E-state index >= 15 is 0 Å². The summed E-state index contributed by atoms with van der Waals surface area (Å²) in [5, 5.41) is 0. The smallest absolute Gasteiger partial charge is 0.254 e. The highest BCUT2D eigenvalue weighted by atomic mass is 16.5. The number of rotatable bonds is 9. The molecule has 2 aliphatic rings. The van der Waals surface area contributed by atoms with Gasteiger partial charge in [0.25, 0.3) is 5.91 Å². The maximum atomic E-state index is 13.7. The fourth-order valence-electron chi connectivity index (χ4n) is 5.51. The van der Waals surface area contributed by atoms with E-state index < -0.39 is 0 Å². The number of hydrogen-bond donors (Lipinski definition) is 0. The number of amides is 2. The van der Waals surface area contributed by atoms with Gasteiger partial charge in [0.15, 0.2) is 0 Å². The molecule has 2 aromatic carbocycles. The normalized spacial score (nSPS) is 16.7. The zero-order valence-electron chi connectivity index (χ0n) is 23.2. The van der Waals surface area contributed by atoms with Gasteiger partial charge in [0.2, 0.25) is 5.91 Å². The van der Waals surface area contributed by atoms with Crippen LogP contribution in [-0.2, 0) is 14.3 Å². The molecule has 210 valence electrons. The first-order valence-electron chi connectivity index (χ1n) is 14.1.